The van der Waals surface area contributed by atoms with Crippen molar-refractivity contribution in [1.29, 1.82) is 0 Å². The maximum absolute atomic E-state index is 2.41. The highest BCUT2D eigenvalue weighted by Gasteiger charge is 2.08. The summed E-state index contributed by atoms with van der Waals surface area (Å²) in [6, 6.07) is 0. The van der Waals surface area contributed by atoms with Crippen molar-refractivity contribution in [2.45, 2.75) is 73.6 Å². The lowest BCUT2D eigenvalue weighted by molar-refractivity contribution is 0.358. The molecule has 0 aromatic rings. The van der Waals surface area contributed by atoms with Crippen molar-refractivity contribution < 1.29 is 0 Å². The molecule has 0 rings (SSSR count). The highest BCUT2D eigenvalue weighted by Crippen LogP contribution is 2.21. The normalized spacial score (nSPS) is 16.0. The molecule has 0 aliphatic rings. The van der Waals surface area contributed by atoms with Crippen molar-refractivity contribution in [2.75, 3.05) is 0 Å². The first-order valence-corrected chi connectivity index (χ1v) is 6.91. The van der Waals surface area contributed by atoms with Crippen molar-refractivity contribution >= 4 is 0 Å². The molecule has 0 nitrogen and oxygen atoms in total. The molecule has 0 saturated heterocycles. The second-order valence-electron chi connectivity index (χ2n) is 6.40. The fraction of sp³-hybridized carbons (Fsp3) is 1.00. The van der Waals surface area contributed by atoms with Gasteiger partial charge in [-0.3, -0.25) is 0 Å². The molecule has 0 aromatic carbocycles. The second kappa shape index (κ2) is 8.19. The number of rotatable bonds is 8. The summed E-state index contributed by atoms with van der Waals surface area (Å²) in [5, 5.41) is 0. The summed E-state index contributed by atoms with van der Waals surface area (Å²) in [5.74, 6) is 3.59. The molecule has 0 aliphatic carbocycles. The lowest BCUT2D eigenvalue weighted by atomic mass is 9.90. The van der Waals surface area contributed by atoms with E-state index in [-0.39, 0.29) is 0 Å². The average Bonchev–Trinajstić information content (AvgIpc) is 2.00. The van der Waals surface area contributed by atoms with Gasteiger partial charge in [0.1, 0.15) is 0 Å². The maximum atomic E-state index is 2.41. The SMILES string of the molecule is CC(C)CC(C)CCCC(C)CC(C)C. The van der Waals surface area contributed by atoms with Gasteiger partial charge in [0.25, 0.3) is 0 Å². The van der Waals surface area contributed by atoms with Gasteiger partial charge in [0.2, 0.25) is 0 Å². The van der Waals surface area contributed by atoms with Gasteiger partial charge < -0.3 is 0 Å². The Labute approximate surface area is 97.8 Å². The van der Waals surface area contributed by atoms with Crippen LogP contribution in [0.1, 0.15) is 73.6 Å². The summed E-state index contributed by atoms with van der Waals surface area (Å²) in [6.45, 7) is 14.1. The molecule has 0 amide bonds. The van der Waals surface area contributed by atoms with Crippen LogP contribution in [0.15, 0.2) is 0 Å². The molecular formula is C15H32. The smallest absolute Gasteiger partial charge is 0.0440 e. The van der Waals surface area contributed by atoms with Gasteiger partial charge in [0.15, 0.2) is 0 Å². The van der Waals surface area contributed by atoms with Crippen LogP contribution in [0.25, 0.3) is 0 Å². The van der Waals surface area contributed by atoms with Gasteiger partial charge in [0, 0.05) is 0 Å². The van der Waals surface area contributed by atoms with E-state index >= 15 is 0 Å². The van der Waals surface area contributed by atoms with Crippen LogP contribution in [0, 0.1) is 23.7 Å². The maximum Gasteiger partial charge on any atom is -0.0440 e. The predicted molar refractivity (Wildman–Crippen MR) is 71.1 cm³/mol. The Hall–Kier alpha value is 0. The molecule has 2 unspecified atom stereocenters. The van der Waals surface area contributed by atoms with E-state index in [1.807, 2.05) is 0 Å². The zero-order valence-electron chi connectivity index (χ0n) is 11.8. The van der Waals surface area contributed by atoms with Gasteiger partial charge >= 0.3 is 0 Å². The van der Waals surface area contributed by atoms with Crippen molar-refractivity contribution in [3.05, 3.63) is 0 Å². The first-order chi connectivity index (χ1) is 6.91. The Morgan fingerprint density at radius 2 is 0.933 bits per heavy atom. The molecule has 0 heteroatoms. The van der Waals surface area contributed by atoms with Crippen molar-refractivity contribution in [2.24, 2.45) is 23.7 Å². The third kappa shape index (κ3) is 10.3. The Morgan fingerprint density at radius 1 is 0.600 bits per heavy atom. The monoisotopic (exact) mass is 212 g/mol. The summed E-state index contributed by atoms with van der Waals surface area (Å²) < 4.78 is 0. The fourth-order valence-corrected chi connectivity index (χ4v) is 2.66. The molecule has 15 heavy (non-hydrogen) atoms. The number of hydrogen-bond donors (Lipinski definition) is 0. The van der Waals surface area contributed by atoms with E-state index in [0.29, 0.717) is 0 Å². The molecule has 0 bridgehead atoms. The highest BCUT2D eigenvalue weighted by molar-refractivity contribution is 4.60. The van der Waals surface area contributed by atoms with E-state index in [1.165, 1.54) is 32.1 Å². The molecule has 0 spiro atoms. The molecular weight excluding hydrogens is 180 g/mol. The van der Waals surface area contributed by atoms with Crippen molar-refractivity contribution in [3.8, 4) is 0 Å². The molecule has 0 aromatic heterocycles. The second-order valence-corrected chi connectivity index (χ2v) is 6.40. The molecule has 0 heterocycles. The van der Waals surface area contributed by atoms with Crippen LogP contribution in [0.4, 0.5) is 0 Å². The van der Waals surface area contributed by atoms with E-state index in [0.717, 1.165) is 23.7 Å². The van der Waals surface area contributed by atoms with E-state index in [9.17, 15) is 0 Å². The standard InChI is InChI=1S/C15H32/c1-12(2)10-14(5)8-7-9-15(6)11-13(3)4/h12-15H,7-11H2,1-6H3. The summed E-state index contributed by atoms with van der Waals surface area (Å²) in [5.41, 5.74) is 0. The van der Waals surface area contributed by atoms with Gasteiger partial charge in [-0.05, 0) is 36.5 Å². The lowest BCUT2D eigenvalue weighted by Gasteiger charge is -2.17. The van der Waals surface area contributed by atoms with Crippen LogP contribution >= 0.6 is 0 Å². The minimum absolute atomic E-state index is 0.869. The highest BCUT2D eigenvalue weighted by atomic mass is 14.1. The van der Waals surface area contributed by atoms with Gasteiger partial charge in [-0.1, -0.05) is 60.8 Å². The topological polar surface area (TPSA) is 0 Å². The average molecular weight is 212 g/mol. The Bertz CT molecular complexity index is 119. The molecule has 0 aliphatic heterocycles. The van der Waals surface area contributed by atoms with E-state index in [1.54, 1.807) is 0 Å². The lowest BCUT2D eigenvalue weighted by Crippen LogP contribution is -2.03. The Kier molecular flexibility index (Phi) is 8.19. The van der Waals surface area contributed by atoms with Gasteiger partial charge in [-0.15, -0.1) is 0 Å². The van der Waals surface area contributed by atoms with Gasteiger partial charge in [0.05, 0.1) is 0 Å². The summed E-state index contributed by atoms with van der Waals surface area (Å²) in [7, 11) is 0. The van der Waals surface area contributed by atoms with Crippen LogP contribution in [-0.2, 0) is 0 Å². The van der Waals surface area contributed by atoms with Crippen molar-refractivity contribution in [3.63, 3.8) is 0 Å². The number of hydrogen-bond acceptors (Lipinski definition) is 0. The molecule has 0 N–H and O–H groups in total. The van der Waals surface area contributed by atoms with Gasteiger partial charge in [-0.2, -0.15) is 0 Å². The van der Waals surface area contributed by atoms with Crippen molar-refractivity contribution in [1.82, 2.24) is 0 Å². The van der Waals surface area contributed by atoms with Gasteiger partial charge in [-0.25, -0.2) is 0 Å². The first kappa shape index (κ1) is 15.0. The fourth-order valence-electron chi connectivity index (χ4n) is 2.66. The van der Waals surface area contributed by atoms with Crippen LogP contribution < -0.4 is 0 Å². The summed E-state index contributed by atoms with van der Waals surface area (Å²) >= 11 is 0. The largest absolute Gasteiger partial charge is 0.0628 e. The first-order valence-electron chi connectivity index (χ1n) is 6.91. The molecule has 92 valence electrons. The van der Waals surface area contributed by atoms with E-state index < -0.39 is 0 Å². The van der Waals surface area contributed by atoms with Crippen LogP contribution in [-0.4, -0.2) is 0 Å². The third-order valence-electron chi connectivity index (χ3n) is 3.14. The minimum atomic E-state index is 0.869. The van der Waals surface area contributed by atoms with Crippen LogP contribution in [0.3, 0.4) is 0 Å². The molecule has 0 fully saturated rings. The molecule has 2 atom stereocenters. The minimum Gasteiger partial charge on any atom is -0.0628 e. The quantitative estimate of drug-likeness (QED) is 0.497. The summed E-state index contributed by atoms with van der Waals surface area (Å²) in [4.78, 5) is 0. The summed E-state index contributed by atoms with van der Waals surface area (Å²) in [6.07, 6.45) is 7.10. The van der Waals surface area contributed by atoms with E-state index in [2.05, 4.69) is 41.5 Å². The van der Waals surface area contributed by atoms with E-state index in [4.69, 9.17) is 0 Å². The Balaban J connectivity index is 3.44. The zero-order chi connectivity index (χ0) is 11.8. The molecule has 0 radical (unpaired) electrons. The Morgan fingerprint density at radius 3 is 1.20 bits per heavy atom. The zero-order valence-corrected chi connectivity index (χ0v) is 11.8. The van der Waals surface area contributed by atoms with Crippen LogP contribution in [0.2, 0.25) is 0 Å². The third-order valence-corrected chi connectivity index (χ3v) is 3.14. The molecule has 0 saturated carbocycles. The predicted octanol–water partition coefficient (Wildman–Crippen LogP) is 5.52. The van der Waals surface area contributed by atoms with Crippen LogP contribution in [0.5, 0.6) is 0 Å².